The van der Waals surface area contributed by atoms with Gasteiger partial charge in [-0.15, -0.1) is 0 Å². The molecule has 3 N–H and O–H groups in total. The van der Waals surface area contributed by atoms with Gasteiger partial charge in [0.15, 0.2) is 0 Å². The van der Waals surface area contributed by atoms with Crippen molar-refractivity contribution in [2.75, 3.05) is 10.6 Å². The first-order valence-corrected chi connectivity index (χ1v) is 8.73. The van der Waals surface area contributed by atoms with Gasteiger partial charge in [-0.3, -0.25) is 14.4 Å². The topological polar surface area (TPSA) is 95.5 Å². The largest absolute Gasteiger partial charge is 0.481 e. The lowest BCUT2D eigenvalue weighted by Gasteiger charge is -2.24. The van der Waals surface area contributed by atoms with Crippen LogP contribution in [0.25, 0.3) is 0 Å². The number of amides is 2. The number of hydrogen-bond donors (Lipinski definition) is 3. The Hall–Kier alpha value is -2.08. The molecule has 7 heteroatoms. The normalized spacial score (nSPS) is 24.1. The lowest BCUT2D eigenvalue weighted by molar-refractivity contribution is -0.140. The molecule has 1 aromatic rings. The molecule has 134 valence electrons. The van der Waals surface area contributed by atoms with Gasteiger partial charge in [-0.1, -0.05) is 31.9 Å². The minimum absolute atomic E-state index is 0.0277. The highest BCUT2D eigenvalue weighted by molar-refractivity contribution is 6.34. The first-order chi connectivity index (χ1) is 11.7. The van der Waals surface area contributed by atoms with Gasteiger partial charge in [-0.2, -0.15) is 0 Å². The number of carbonyl (C=O) groups is 3. The zero-order chi connectivity index (χ0) is 18.4. The van der Waals surface area contributed by atoms with Gasteiger partial charge >= 0.3 is 5.97 Å². The smallest absolute Gasteiger partial charge is 0.307 e. The van der Waals surface area contributed by atoms with E-state index in [-0.39, 0.29) is 17.7 Å². The van der Waals surface area contributed by atoms with Crippen LogP contribution < -0.4 is 10.6 Å². The zero-order valence-electron chi connectivity index (χ0n) is 14.1. The van der Waals surface area contributed by atoms with Crippen molar-refractivity contribution in [3.8, 4) is 0 Å². The standard InChI is InChI=1S/C18H21ClN2O4/c1-18(2)13(14(18)17(24)25)16(23)21-12-8-10(6-7-11(12)19)20-15(22)9-4-3-5-9/h6-9,13-14H,3-5H2,1-2H3,(H,20,22)(H,21,23)(H,24,25)/t13-,14+/m0/s1. The lowest BCUT2D eigenvalue weighted by atomic mass is 9.85. The van der Waals surface area contributed by atoms with Crippen molar-refractivity contribution >= 4 is 40.8 Å². The van der Waals surface area contributed by atoms with E-state index >= 15 is 0 Å². The average molecular weight is 365 g/mol. The number of carbonyl (C=O) groups excluding carboxylic acids is 2. The third kappa shape index (κ3) is 3.35. The number of nitrogens with one attached hydrogen (secondary N) is 2. The Labute approximate surface area is 150 Å². The monoisotopic (exact) mass is 364 g/mol. The summed E-state index contributed by atoms with van der Waals surface area (Å²) in [4.78, 5) is 35.7. The molecule has 2 aliphatic carbocycles. The van der Waals surface area contributed by atoms with E-state index in [1.165, 1.54) is 0 Å². The van der Waals surface area contributed by atoms with Crippen LogP contribution in [0.1, 0.15) is 33.1 Å². The summed E-state index contributed by atoms with van der Waals surface area (Å²) >= 11 is 6.13. The van der Waals surface area contributed by atoms with Crippen LogP contribution in [-0.4, -0.2) is 22.9 Å². The number of rotatable bonds is 5. The van der Waals surface area contributed by atoms with Crippen molar-refractivity contribution in [2.45, 2.75) is 33.1 Å². The fourth-order valence-corrected chi connectivity index (χ4v) is 3.58. The number of anilines is 2. The maximum atomic E-state index is 12.4. The quantitative estimate of drug-likeness (QED) is 0.746. The second-order valence-corrected chi connectivity index (χ2v) is 7.82. The SMILES string of the molecule is CC1(C)[C@H](C(=O)Nc2cc(NC(=O)C3CCC3)ccc2Cl)[C@@H]1C(=O)O. The van der Waals surface area contributed by atoms with Gasteiger partial charge in [0.25, 0.3) is 0 Å². The van der Waals surface area contributed by atoms with Crippen molar-refractivity contribution in [3.63, 3.8) is 0 Å². The molecule has 0 bridgehead atoms. The summed E-state index contributed by atoms with van der Waals surface area (Å²) in [6, 6.07) is 4.87. The molecule has 2 aliphatic rings. The number of hydrogen-bond acceptors (Lipinski definition) is 3. The molecule has 2 atom stereocenters. The highest BCUT2D eigenvalue weighted by Gasteiger charge is 2.65. The first-order valence-electron chi connectivity index (χ1n) is 8.36. The van der Waals surface area contributed by atoms with Crippen LogP contribution >= 0.6 is 11.6 Å². The number of halogens is 1. The van der Waals surface area contributed by atoms with Gasteiger partial charge in [0.05, 0.1) is 22.5 Å². The minimum atomic E-state index is -0.974. The molecule has 0 unspecified atom stereocenters. The van der Waals surface area contributed by atoms with E-state index in [4.69, 9.17) is 11.6 Å². The van der Waals surface area contributed by atoms with E-state index in [0.717, 1.165) is 19.3 Å². The highest BCUT2D eigenvalue weighted by Crippen LogP contribution is 2.58. The van der Waals surface area contributed by atoms with Crippen LogP contribution in [-0.2, 0) is 14.4 Å². The number of benzene rings is 1. The van der Waals surface area contributed by atoms with Crippen LogP contribution in [0.4, 0.5) is 11.4 Å². The summed E-state index contributed by atoms with van der Waals surface area (Å²) in [7, 11) is 0. The summed E-state index contributed by atoms with van der Waals surface area (Å²) in [5.41, 5.74) is 0.338. The molecule has 1 aromatic carbocycles. The highest BCUT2D eigenvalue weighted by atomic mass is 35.5. The van der Waals surface area contributed by atoms with Crippen molar-refractivity contribution in [3.05, 3.63) is 23.2 Å². The van der Waals surface area contributed by atoms with E-state index in [9.17, 15) is 19.5 Å². The molecule has 0 radical (unpaired) electrons. The van der Waals surface area contributed by atoms with Gasteiger partial charge < -0.3 is 15.7 Å². The van der Waals surface area contributed by atoms with E-state index < -0.39 is 23.2 Å². The molecule has 0 aliphatic heterocycles. The van der Waals surface area contributed by atoms with Gasteiger partial charge in [-0.05, 0) is 36.5 Å². The summed E-state index contributed by atoms with van der Waals surface area (Å²) in [6.45, 7) is 3.51. The zero-order valence-corrected chi connectivity index (χ0v) is 14.9. The second-order valence-electron chi connectivity index (χ2n) is 7.42. The summed E-state index contributed by atoms with van der Waals surface area (Å²) < 4.78 is 0. The molecule has 6 nitrogen and oxygen atoms in total. The van der Waals surface area contributed by atoms with Gasteiger partial charge in [0.2, 0.25) is 11.8 Å². The van der Waals surface area contributed by atoms with E-state index in [2.05, 4.69) is 10.6 Å². The third-order valence-corrected chi connectivity index (χ3v) is 5.67. The molecule has 2 fully saturated rings. The molecule has 2 saturated carbocycles. The molecule has 25 heavy (non-hydrogen) atoms. The summed E-state index contributed by atoms with van der Waals surface area (Å²) in [6.07, 6.45) is 2.87. The Balaban J connectivity index is 1.70. The predicted molar refractivity (Wildman–Crippen MR) is 94.4 cm³/mol. The molecule has 0 heterocycles. The Morgan fingerprint density at radius 1 is 1.12 bits per heavy atom. The van der Waals surface area contributed by atoms with Crippen LogP contribution in [0.15, 0.2) is 18.2 Å². The Kier molecular flexibility index (Phi) is 4.49. The maximum Gasteiger partial charge on any atom is 0.307 e. The lowest BCUT2D eigenvalue weighted by Crippen LogP contribution is -2.28. The van der Waals surface area contributed by atoms with Crippen molar-refractivity contribution in [2.24, 2.45) is 23.2 Å². The van der Waals surface area contributed by atoms with Gasteiger partial charge in [0, 0.05) is 11.6 Å². The number of aliphatic carboxylic acids is 1. The fourth-order valence-electron chi connectivity index (χ4n) is 3.41. The Morgan fingerprint density at radius 3 is 2.32 bits per heavy atom. The molecule has 0 saturated heterocycles. The first kappa shape index (κ1) is 17.7. The van der Waals surface area contributed by atoms with Gasteiger partial charge in [-0.25, -0.2) is 0 Å². The Bertz CT molecular complexity index is 743. The molecule has 3 rings (SSSR count). The van der Waals surface area contributed by atoms with Crippen LogP contribution in [0.2, 0.25) is 5.02 Å². The van der Waals surface area contributed by atoms with E-state index in [1.807, 2.05) is 0 Å². The Morgan fingerprint density at radius 2 is 1.80 bits per heavy atom. The maximum absolute atomic E-state index is 12.4. The number of carboxylic acids is 1. The molecule has 0 spiro atoms. The van der Waals surface area contributed by atoms with Crippen LogP contribution in [0, 0.1) is 23.2 Å². The predicted octanol–water partition coefficient (Wildman–Crippen LogP) is 3.37. The van der Waals surface area contributed by atoms with Crippen LogP contribution in [0.3, 0.4) is 0 Å². The molecular weight excluding hydrogens is 344 g/mol. The summed E-state index contributed by atoms with van der Waals surface area (Å²) in [5.74, 6) is -2.63. The van der Waals surface area contributed by atoms with Crippen LogP contribution in [0.5, 0.6) is 0 Å². The molecular formula is C18H21ClN2O4. The van der Waals surface area contributed by atoms with Crippen molar-refractivity contribution < 1.29 is 19.5 Å². The summed E-state index contributed by atoms with van der Waals surface area (Å²) in [5, 5.41) is 15.1. The van der Waals surface area contributed by atoms with Gasteiger partial charge in [0.1, 0.15) is 0 Å². The fraction of sp³-hybridized carbons (Fsp3) is 0.500. The second kappa shape index (κ2) is 6.33. The van der Waals surface area contributed by atoms with Crippen molar-refractivity contribution in [1.29, 1.82) is 0 Å². The van der Waals surface area contributed by atoms with E-state index in [1.54, 1.807) is 32.0 Å². The number of carboxylic acid groups (broad SMARTS) is 1. The molecule has 0 aromatic heterocycles. The average Bonchev–Trinajstić information content (AvgIpc) is 3.03. The minimum Gasteiger partial charge on any atom is -0.481 e. The third-order valence-electron chi connectivity index (χ3n) is 5.34. The van der Waals surface area contributed by atoms with E-state index in [0.29, 0.717) is 16.4 Å². The van der Waals surface area contributed by atoms with Crippen molar-refractivity contribution in [1.82, 2.24) is 0 Å². The molecule has 2 amide bonds.